The van der Waals surface area contributed by atoms with Crippen LogP contribution in [0, 0.1) is 12.8 Å². The average Bonchev–Trinajstić information content (AvgIpc) is 2.74. The zero-order valence-electron chi connectivity index (χ0n) is 9.76. The molecule has 0 saturated carbocycles. The molecule has 0 bridgehead atoms. The standard InChI is InChI=1S/C6H13N.C4H6N2.C2H2/c1-7-5-3-2-4-6-7;1-6-4-2-3-5-6;1-2/h2-6H2,1H3;2-4H,1H3;1-2H. The molecule has 0 amide bonds. The molecule has 2 rings (SSSR count). The van der Waals surface area contributed by atoms with E-state index >= 15 is 0 Å². The summed E-state index contributed by atoms with van der Waals surface area (Å²) in [5.74, 6) is 0. The average molecular weight is 207 g/mol. The highest BCUT2D eigenvalue weighted by Crippen LogP contribution is 2.04. The van der Waals surface area contributed by atoms with Gasteiger partial charge in [-0.2, -0.15) is 5.10 Å². The lowest BCUT2D eigenvalue weighted by Crippen LogP contribution is -2.24. The number of piperidine rings is 1. The second kappa shape index (κ2) is 9.29. The Bertz CT molecular complexity index is 233. The molecule has 15 heavy (non-hydrogen) atoms. The first kappa shape index (κ1) is 13.7. The minimum Gasteiger partial charge on any atom is -0.306 e. The maximum atomic E-state index is 4.00. The summed E-state index contributed by atoms with van der Waals surface area (Å²) in [6.45, 7) is 2.64. The Morgan fingerprint density at radius 2 is 1.67 bits per heavy atom. The van der Waals surface area contributed by atoms with Gasteiger partial charge in [-0.15, -0.1) is 12.8 Å². The highest BCUT2D eigenvalue weighted by molar-refractivity contribution is 4.75. The summed E-state index contributed by atoms with van der Waals surface area (Å²) in [7, 11) is 4.08. The fourth-order valence-corrected chi connectivity index (χ4v) is 1.40. The smallest absolute Gasteiger partial charge is 0.0489 e. The van der Waals surface area contributed by atoms with E-state index in [1.807, 2.05) is 19.3 Å². The highest BCUT2D eigenvalue weighted by Gasteiger charge is 2.02. The van der Waals surface area contributed by atoms with Crippen LogP contribution >= 0.6 is 0 Å². The molecule has 3 heteroatoms. The van der Waals surface area contributed by atoms with Crippen LogP contribution in [0.15, 0.2) is 18.5 Å². The van der Waals surface area contributed by atoms with Crippen molar-refractivity contribution in [3.8, 4) is 12.8 Å². The minimum absolute atomic E-state index is 1.32. The molecule has 0 N–H and O–H groups in total. The highest BCUT2D eigenvalue weighted by atomic mass is 15.2. The van der Waals surface area contributed by atoms with Crippen LogP contribution in [0.1, 0.15) is 19.3 Å². The summed E-state index contributed by atoms with van der Waals surface area (Å²) in [6, 6.07) is 1.89. The predicted octanol–water partition coefficient (Wildman–Crippen LogP) is 1.77. The van der Waals surface area contributed by atoms with Gasteiger partial charge in [0.25, 0.3) is 0 Å². The van der Waals surface area contributed by atoms with Gasteiger partial charge < -0.3 is 4.90 Å². The van der Waals surface area contributed by atoms with Crippen molar-refractivity contribution in [2.45, 2.75) is 19.3 Å². The van der Waals surface area contributed by atoms with E-state index in [0.29, 0.717) is 0 Å². The van der Waals surface area contributed by atoms with Gasteiger partial charge in [-0.05, 0) is 39.0 Å². The number of aromatic nitrogens is 2. The monoisotopic (exact) mass is 207 g/mol. The molecule has 0 aliphatic carbocycles. The van der Waals surface area contributed by atoms with E-state index in [0.717, 1.165) is 0 Å². The van der Waals surface area contributed by atoms with E-state index in [9.17, 15) is 0 Å². The summed E-state index contributed by atoms with van der Waals surface area (Å²) in [6.07, 6.45) is 15.9. The number of rotatable bonds is 0. The van der Waals surface area contributed by atoms with E-state index in [4.69, 9.17) is 0 Å². The molecular weight excluding hydrogens is 186 g/mol. The van der Waals surface area contributed by atoms with Crippen LogP contribution in [0.2, 0.25) is 0 Å². The molecule has 1 aromatic rings. The molecule has 1 aliphatic heterocycles. The van der Waals surface area contributed by atoms with Gasteiger partial charge in [0.1, 0.15) is 0 Å². The van der Waals surface area contributed by atoms with E-state index in [-0.39, 0.29) is 0 Å². The fraction of sp³-hybridized carbons (Fsp3) is 0.583. The predicted molar refractivity (Wildman–Crippen MR) is 64.4 cm³/mol. The molecule has 1 aliphatic rings. The second-order valence-corrected chi connectivity index (χ2v) is 3.54. The van der Waals surface area contributed by atoms with Gasteiger partial charge in [0.05, 0.1) is 0 Å². The van der Waals surface area contributed by atoms with E-state index in [2.05, 4.69) is 29.9 Å². The largest absolute Gasteiger partial charge is 0.306 e. The van der Waals surface area contributed by atoms with Crippen molar-refractivity contribution < 1.29 is 0 Å². The zero-order chi connectivity index (χ0) is 11.5. The number of hydrogen-bond acceptors (Lipinski definition) is 2. The third kappa shape index (κ3) is 7.77. The Kier molecular flexibility index (Phi) is 8.50. The van der Waals surface area contributed by atoms with Crippen molar-refractivity contribution in [2.24, 2.45) is 7.05 Å². The van der Waals surface area contributed by atoms with E-state index in [1.165, 1.54) is 32.4 Å². The van der Waals surface area contributed by atoms with Crippen LogP contribution in [0.25, 0.3) is 0 Å². The van der Waals surface area contributed by atoms with Gasteiger partial charge in [-0.3, -0.25) is 4.68 Å². The van der Waals surface area contributed by atoms with Crippen LogP contribution in [-0.2, 0) is 7.05 Å². The molecule has 1 saturated heterocycles. The van der Waals surface area contributed by atoms with Gasteiger partial charge >= 0.3 is 0 Å². The van der Waals surface area contributed by atoms with Crippen molar-refractivity contribution in [3.63, 3.8) is 0 Å². The topological polar surface area (TPSA) is 21.1 Å². The van der Waals surface area contributed by atoms with Crippen LogP contribution in [0.4, 0.5) is 0 Å². The third-order valence-electron chi connectivity index (χ3n) is 2.22. The first-order valence-electron chi connectivity index (χ1n) is 5.24. The lowest BCUT2D eigenvalue weighted by Gasteiger charge is -2.20. The summed E-state index contributed by atoms with van der Waals surface area (Å²) in [5, 5.41) is 3.83. The Morgan fingerprint density at radius 1 is 1.07 bits per heavy atom. The Morgan fingerprint density at radius 3 is 1.87 bits per heavy atom. The lowest BCUT2D eigenvalue weighted by atomic mass is 10.1. The molecule has 0 spiro atoms. The van der Waals surface area contributed by atoms with Crippen LogP contribution < -0.4 is 0 Å². The van der Waals surface area contributed by atoms with Crippen molar-refractivity contribution in [1.82, 2.24) is 14.7 Å². The van der Waals surface area contributed by atoms with Crippen LogP contribution in [0.3, 0.4) is 0 Å². The SMILES string of the molecule is C#C.CN1CCCCC1.Cn1cccn1. The number of terminal acetylenes is 1. The van der Waals surface area contributed by atoms with E-state index in [1.54, 1.807) is 10.9 Å². The van der Waals surface area contributed by atoms with Gasteiger partial charge in [0.2, 0.25) is 0 Å². The van der Waals surface area contributed by atoms with E-state index < -0.39 is 0 Å². The normalized spacial score (nSPS) is 15.5. The van der Waals surface area contributed by atoms with Crippen molar-refractivity contribution >= 4 is 0 Å². The molecule has 0 aromatic carbocycles. The summed E-state index contributed by atoms with van der Waals surface area (Å²) >= 11 is 0. The summed E-state index contributed by atoms with van der Waals surface area (Å²) in [4.78, 5) is 2.39. The van der Waals surface area contributed by atoms with Crippen LogP contribution in [0.5, 0.6) is 0 Å². The molecule has 84 valence electrons. The van der Waals surface area contributed by atoms with Gasteiger partial charge in [-0.1, -0.05) is 6.42 Å². The number of hydrogen-bond donors (Lipinski definition) is 0. The molecule has 0 atom stereocenters. The Hall–Kier alpha value is -1.27. The number of nitrogens with zero attached hydrogens (tertiary/aromatic N) is 3. The van der Waals surface area contributed by atoms with Gasteiger partial charge in [-0.25, -0.2) is 0 Å². The summed E-state index contributed by atoms with van der Waals surface area (Å²) < 4.78 is 1.75. The van der Waals surface area contributed by atoms with Gasteiger partial charge in [0, 0.05) is 19.4 Å². The number of likely N-dealkylation sites (tertiary alicyclic amines) is 1. The fourth-order valence-electron chi connectivity index (χ4n) is 1.40. The molecule has 1 fully saturated rings. The first-order chi connectivity index (χ1) is 7.29. The second-order valence-electron chi connectivity index (χ2n) is 3.54. The molecule has 0 radical (unpaired) electrons. The lowest BCUT2D eigenvalue weighted by molar-refractivity contribution is 0.277. The molecular formula is C12H21N3. The zero-order valence-corrected chi connectivity index (χ0v) is 9.76. The quantitative estimate of drug-likeness (QED) is 0.605. The molecule has 3 nitrogen and oxygen atoms in total. The third-order valence-corrected chi connectivity index (χ3v) is 2.22. The first-order valence-corrected chi connectivity index (χ1v) is 5.24. The Labute approximate surface area is 93.1 Å². The van der Waals surface area contributed by atoms with Crippen molar-refractivity contribution in [3.05, 3.63) is 18.5 Å². The minimum atomic E-state index is 1.32. The van der Waals surface area contributed by atoms with Gasteiger partial charge in [0.15, 0.2) is 0 Å². The molecule has 1 aromatic heterocycles. The van der Waals surface area contributed by atoms with Crippen molar-refractivity contribution in [2.75, 3.05) is 20.1 Å². The molecule has 0 unspecified atom stereocenters. The van der Waals surface area contributed by atoms with Crippen molar-refractivity contribution in [1.29, 1.82) is 0 Å². The van der Waals surface area contributed by atoms with Crippen LogP contribution in [-0.4, -0.2) is 34.8 Å². The summed E-state index contributed by atoms with van der Waals surface area (Å²) in [5.41, 5.74) is 0. The molecule has 2 heterocycles. The number of aryl methyl sites for hydroxylation is 1. The maximum Gasteiger partial charge on any atom is 0.0489 e. The Balaban J connectivity index is 0.000000227. The maximum absolute atomic E-state index is 4.00.